The highest BCUT2D eigenvalue weighted by Gasteiger charge is 2.24. The van der Waals surface area contributed by atoms with Crippen molar-refractivity contribution in [3.05, 3.63) is 96.2 Å². The molecule has 0 amide bonds. The van der Waals surface area contributed by atoms with Crippen LogP contribution in [0.5, 0.6) is 0 Å². The van der Waals surface area contributed by atoms with Crippen molar-refractivity contribution >= 4 is 22.4 Å². The Morgan fingerprint density at radius 1 is 1.04 bits per heavy atom. The standard InChI is InChI=1S/C21H16FN3O/c22-19-12-15(10-11-23-19)25-20(14-6-2-1-3-7-14)21(26)17-13-24-18-9-5-4-8-16(17)18/h1-13,20,24H,(H,23,25)/t20-/m1/s1. The van der Waals surface area contributed by atoms with E-state index in [1.165, 1.54) is 12.3 Å². The number of halogens is 1. The summed E-state index contributed by atoms with van der Waals surface area (Å²) < 4.78 is 13.5. The van der Waals surface area contributed by atoms with E-state index >= 15 is 0 Å². The quantitative estimate of drug-likeness (QED) is 0.406. The number of pyridine rings is 1. The normalized spacial score (nSPS) is 12.0. The molecule has 0 saturated carbocycles. The number of aromatic nitrogens is 2. The molecule has 4 nitrogen and oxygen atoms in total. The van der Waals surface area contributed by atoms with Crippen molar-refractivity contribution in [1.82, 2.24) is 9.97 Å². The first-order valence-electron chi connectivity index (χ1n) is 8.26. The van der Waals surface area contributed by atoms with Crippen LogP contribution < -0.4 is 5.32 Å². The molecule has 26 heavy (non-hydrogen) atoms. The molecule has 0 aliphatic carbocycles. The molecular formula is C21H16FN3O. The first-order chi connectivity index (χ1) is 12.7. The minimum atomic E-state index is -0.641. The van der Waals surface area contributed by atoms with E-state index in [4.69, 9.17) is 0 Å². The van der Waals surface area contributed by atoms with Crippen molar-refractivity contribution < 1.29 is 9.18 Å². The molecule has 0 aliphatic heterocycles. The number of benzene rings is 2. The Hall–Kier alpha value is -3.47. The van der Waals surface area contributed by atoms with Crippen molar-refractivity contribution in [2.45, 2.75) is 6.04 Å². The predicted molar refractivity (Wildman–Crippen MR) is 99.6 cm³/mol. The van der Waals surface area contributed by atoms with Crippen LogP contribution in [0.1, 0.15) is 22.0 Å². The lowest BCUT2D eigenvalue weighted by Gasteiger charge is -2.19. The summed E-state index contributed by atoms with van der Waals surface area (Å²) in [7, 11) is 0. The van der Waals surface area contributed by atoms with Gasteiger partial charge in [0.15, 0.2) is 5.78 Å². The number of hydrogen-bond donors (Lipinski definition) is 2. The van der Waals surface area contributed by atoms with Crippen molar-refractivity contribution in [1.29, 1.82) is 0 Å². The van der Waals surface area contributed by atoms with E-state index in [0.717, 1.165) is 16.5 Å². The highest BCUT2D eigenvalue weighted by molar-refractivity contribution is 6.11. The number of para-hydroxylation sites is 1. The highest BCUT2D eigenvalue weighted by atomic mass is 19.1. The van der Waals surface area contributed by atoms with E-state index < -0.39 is 12.0 Å². The second kappa shape index (κ2) is 6.80. The van der Waals surface area contributed by atoms with Crippen LogP contribution in [-0.4, -0.2) is 15.8 Å². The van der Waals surface area contributed by atoms with Gasteiger partial charge in [0.2, 0.25) is 5.95 Å². The Kier molecular flexibility index (Phi) is 4.19. The number of aromatic amines is 1. The van der Waals surface area contributed by atoms with Crippen LogP contribution in [-0.2, 0) is 0 Å². The number of Topliss-reactive ketones (excluding diaryl/α,β-unsaturated/α-hetero) is 1. The van der Waals surface area contributed by atoms with Crippen LogP contribution in [0.15, 0.2) is 79.1 Å². The van der Waals surface area contributed by atoms with Gasteiger partial charge in [-0.15, -0.1) is 0 Å². The number of nitrogens with zero attached hydrogens (tertiary/aromatic N) is 1. The van der Waals surface area contributed by atoms with Gasteiger partial charge in [-0.2, -0.15) is 4.39 Å². The van der Waals surface area contributed by atoms with E-state index in [1.807, 2.05) is 54.6 Å². The van der Waals surface area contributed by atoms with Gasteiger partial charge in [-0.1, -0.05) is 48.5 Å². The van der Waals surface area contributed by atoms with Crippen LogP contribution in [0.2, 0.25) is 0 Å². The zero-order valence-electron chi connectivity index (χ0n) is 13.8. The van der Waals surface area contributed by atoms with Gasteiger partial charge in [0.05, 0.1) is 0 Å². The lowest BCUT2D eigenvalue weighted by Crippen LogP contribution is -2.21. The van der Waals surface area contributed by atoms with Gasteiger partial charge in [-0.05, 0) is 17.7 Å². The fourth-order valence-corrected chi connectivity index (χ4v) is 3.04. The maximum Gasteiger partial charge on any atom is 0.214 e. The summed E-state index contributed by atoms with van der Waals surface area (Å²) in [5.41, 5.74) is 2.80. The van der Waals surface area contributed by atoms with Crippen molar-refractivity contribution in [3.63, 3.8) is 0 Å². The fraction of sp³-hybridized carbons (Fsp3) is 0.0476. The summed E-state index contributed by atoms with van der Waals surface area (Å²) in [6, 6.07) is 19.3. The molecule has 128 valence electrons. The zero-order valence-corrected chi connectivity index (χ0v) is 13.8. The van der Waals surface area contributed by atoms with E-state index in [1.54, 1.807) is 12.3 Å². The molecule has 0 unspecified atom stereocenters. The summed E-state index contributed by atoms with van der Waals surface area (Å²) >= 11 is 0. The van der Waals surface area contributed by atoms with Gasteiger partial charge in [-0.3, -0.25) is 4.79 Å². The number of hydrogen-bond acceptors (Lipinski definition) is 3. The topological polar surface area (TPSA) is 57.8 Å². The molecule has 0 fully saturated rings. The summed E-state index contributed by atoms with van der Waals surface area (Å²) in [5.74, 6) is -0.688. The number of carbonyl (C=O) groups is 1. The largest absolute Gasteiger partial charge is 0.371 e. The van der Waals surface area contributed by atoms with Crippen LogP contribution in [0, 0.1) is 5.95 Å². The molecule has 0 saturated heterocycles. The Balaban J connectivity index is 1.76. The minimum Gasteiger partial charge on any atom is -0.371 e. The van der Waals surface area contributed by atoms with Gasteiger partial charge in [0.1, 0.15) is 6.04 Å². The summed E-state index contributed by atoms with van der Waals surface area (Å²) in [5, 5.41) is 4.01. The fourth-order valence-electron chi connectivity index (χ4n) is 3.04. The monoisotopic (exact) mass is 345 g/mol. The van der Waals surface area contributed by atoms with E-state index in [0.29, 0.717) is 11.3 Å². The molecule has 2 heterocycles. The number of ketones is 1. The lowest BCUT2D eigenvalue weighted by molar-refractivity contribution is 0.0971. The minimum absolute atomic E-state index is 0.0918. The number of H-pyrrole nitrogens is 1. The second-order valence-corrected chi connectivity index (χ2v) is 5.97. The van der Waals surface area contributed by atoms with Gasteiger partial charge in [0.25, 0.3) is 0 Å². The Morgan fingerprint density at radius 3 is 2.62 bits per heavy atom. The van der Waals surface area contributed by atoms with Gasteiger partial charge in [-0.25, -0.2) is 4.98 Å². The third kappa shape index (κ3) is 3.07. The molecule has 2 N–H and O–H groups in total. The van der Waals surface area contributed by atoms with E-state index in [2.05, 4.69) is 15.3 Å². The average molecular weight is 345 g/mol. The third-order valence-electron chi connectivity index (χ3n) is 4.29. The van der Waals surface area contributed by atoms with Crippen molar-refractivity contribution in [3.8, 4) is 0 Å². The first kappa shape index (κ1) is 16.0. The molecule has 5 heteroatoms. The summed E-state index contributed by atoms with van der Waals surface area (Å²) in [6.45, 7) is 0. The lowest BCUT2D eigenvalue weighted by atomic mass is 9.96. The molecule has 0 bridgehead atoms. The van der Waals surface area contributed by atoms with Crippen LogP contribution in [0.4, 0.5) is 10.1 Å². The van der Waals surface area contributed by atoms with E-state index in [-0.39, 0.29) is 5.78 Å². The highest BCUT2D eigenvalue weighted by Crippen LogP contribution is 2.27. The van der Waals surface area contributed by atoms with Crippen LogP contribution in [0.3, 0.4) is 0 Å². The Morgan fingerprint density at radius 2 is 1.81 bits per heavy atom. The number of rotatable bonds is 5. The van der Waals surface area contributed by atoms with Gasteiger partial charge >= 0.3 is 0 Å². The maximum atomic E-state index is 13.5. The van der Waals surface area contributed by atoms with Crippen molar-refractivity contribution in [2.75, 3.05) is 5.32 Å². The molecule has 1 atom stereocenters. The van der Waals surface area contributed by atoms with E-state index in [9.17, 15) is 9.18 Å². The number of fused-ring (bicyclic) bond motifs is 1. The molecule has 2 aromatic heterocycles. The summed E-state index contributed by atoms with van der Waals surface area (Å²) in [6.07, 6.45) is 3.09. The Bertz CT molecular complexity index is 1060. The summed E-state index contributed by atoms with van der Waals surface area (Å²) in [4.78, 5) is 20.0. The first-order valence-corrected chi connectivity index (χ1v) is 8.26. The van der Waals surface area contributed by atoms with Crippen LogP contribution >= 0.6 is 0 Å². The molecular weight excluding hydrogens is 329 g/mol. The molecule has 0 radical (unpaired) electrons. The molecule has 2 aromatic carbocycles. The molecule has 0 spiro atoms. The molecule has 4 rings (SSSR count). The van der Waals surface area contributed by atoms with Crippen LogP contribution in [0.25, 0.3) is 10.9 Å². The number of nitrogens with one attached hydrogen (secondary N) is 2. The number of anilines is 1. The average Bonchev–Trinajstić information content (AvgIpc) is 3.10. The molecule has 0 aliphatic rings. The van der Waals surface area contributed by atoms with Gasteiger partial charge < -0.3 is 10.3 Å². The molecule has 4 aromatic rings. The second-order valence-electron chi connectivity index (χ2n) is 5.97. The smallest absolute Gasteiger partial charge is 0.214 e. The SMILES string of the molecule is O=C(c1c[nH]c2ccccc12)[C@H](Nc1ccnc(F)c1)c1ccccc1. The third-order valence-corrected chi connectivity index (χ3v) is 4.29. The van der Waals surface area contributed by atoms with Gasteiger partial charge in [0, 0.05) is 40.6 Å². The van der Waals surface area contributed by atoms with Crippen molar-refractivity contribution in [2.24, 2.45) is 0 Å². The number of carbonyl (C=O) groups excluding carboxylic acids is 1. The maximum absolute atomic E-state index is 13.5. The Labute approximate surface area is 149 Å². The predicted octanol–water partition coefficient (Wildman–Crippen LogP) is 4.74. The zero-order chi connectivity index (χ0) is 17.9.